The number of thioether (sulfide) groups is 1. The summed E-state index contributed by atoms with van der Waals surface area (Å²) in [4.78, 5) is 36.6. The molecule has 0 aliphatic carbocycles. The van der Waals surface area contributed by atoms with E-state index in [1.165, 1.54) is 20.5 Å². The van der Waals surface area contributed by atoms with Gasteiger partial charge in [-0.15, -0.1) is 10.2 Å². The van der Waals surface area contributed by atoms with Crippen molar-refractivity contribution in [3.63, 3.8) is 0 Å². The van der Waals surface area contributed by atoms with Crippen LogP contribution in [0.2, 0.25) is 5.02 Å². The number of carbonyl (C=O) groups is 3. The van der Waals surface area contributed by atoms with Crippen molar-refractivity contribution in [3.05, 3.63) is 35.1 Å². The highest BCUT2D eigenvalue weighted by atomic mass is 35.5. The molecule has 1 aromatic carbocycles. The van der Waals surface area contributed by atoms with Crippen LogP contribution in [0.25, 0.3) is 5.69 Å². The number of methoxy groups -OCH3 is 2. The highest BCUT2D eigenvalue weighted by Gasteiger charge is 2.22. The normalized spacial score (nSPS) is 10.4. The summed E-state index contributed by atoms with van der Waals surface area (Å²) in [7, 11) is 2.40. The zero-order chi connectivity index (χ0) is 20.7. The number of halogens is 1. The molecule has 11 heteroatoms. The van der Waals surface area contributed by atoms with Crippen LogP contribution in [0.1, 0.15) is 5.56 Å². The molecule has 9 nitrogen and oxygen atoms in total. The van der Waals surface area contributed by atoms with Gasteiger partial charge in [0, 0.05) is 5.02 Å². The van der Waals surface area contributed by atoms with Gasteiger partial charge in [-0.25, -0.2) is 0 Å². The van der Waals surface area contributed by atoms with Crippen molar-refractivity contribution in [1.29, 1.82) is 0 Å². The Morgan fingerprint density at radius 1 is 1.18 bits per heavy atom. The summed E-state index contributed by atoms with van der Waals surface area (Å²) in [5.74, 6) is -1.79. The van der Waals surface area contributed by atoms with Gasteiger partial charge in [-0.1, -0.05) is 29.4 Å². The van der Waals surface area contributed by atoms with Crippen LogP contribution < -0.4 is 0 Å². The quantitative estimate of drug-likeness (QED) is 0.462. The second-order valence-electron chi connectivity index (χ2n) is 5.61. The Morgan fingerprint density at radius 3 is 2.39 bits per heavy atom. The summed E-state index contributed by atoms with van der Waals surface area (Å²) in [6.45, 7) is 1.18. The van der Waals surface area contributed by atoms with E-state index in [1.54, 1.807) is 10.6 Å². The van der Waals surface area contributed by atoms with E-state index in [1.807, 2.05) is 19.1 Å². The number of aryl methyl sites for hydroxylation is 1. The molecule has 1 amide bonds. The summed E-state index contributed by atoms with van der Waals surface area (Å²) in [5.41, 5.74) is 1.68. The zero-order valence-corrected chi connectivity index (χ0v) is 17.1. The molecule has 1 aromatic heterocycles. The number of esters is 2. The number of benzene rings is 1. The Balaban J connectivity index is 2.10. The second kappa shape index (κ2) is 10.1. The van der Waals surface area contributed by atoms with Crippen molar-refractivity contribution in [2.75, 3.05) is 33.1 Å². The first-order valence-corrected chi connectivity index (χ1v) is 9.42. The Hall–Kier alpha value is -2.59. The molecule has 0 fully saturated rings. The highest BCUT2D eigenvalue weighted by molar-refractivity contribution is 7.99. The number of ether oxygens (including phenoxy) is 2. The van der Waals surface area contributed by atoms with Crippen molar-refractivity contribution in [3.8, 4) is 5.69 Å². The molecule has 0 saturated heterocycles. The van der Waals surface area contributed by atoms with Gasteiger partial charge in [0.05, 0.1) is 25.7 Å². The lowest BCUT2D eigenvalue weighted by atomic mass is 10.2. The second-order valence-corrected chi connectivity index (χ2v) is 6.96. The van der Waals surface area contributed by atoms with Gasteiger partial charge in [-0.2, -0.15) is 0 Å². The lowest BCUT2D eigenvalue weighted by Crippen LogP contribution is -2.41. The maximum absolute atomic E-state index is 12.5. The fourth-order valence-electron chi connectivity index (χ4n) is 2.12. The molecule has 150 valence electrons. The molecular weight excluding hydrogens is 408 g/mol. The smallest absolute Gasteiger partial charge is 0.325 e. The molecule has 2 aromatic rings. The lowest BCUT2D eigenvalue weighted by Gasteiger charge is -2.19. The molecule has 0 atom stereocenters. The molecule has 0 aliphatic rings. The van der Waals surface area contributed by atoms with E-state index >= 15 is 0 Å². The topological polar surface area (TPSA) is 104 Å². The minimum Gasteiger partial charge on any atom is -0.468 e. The Morgan fingerprint density at radius 2 is 1.82 bits per heavy atom. The maximum Gasteiger partial charge on any atom is 0.325 e. The number of hydrogen-bond donors (Lipinski definition) is 0. The van der Waals surface area contributed by atoms with Gasteiger partial charge in [0.15, 0.2) is 5.16 Å². The molecule has 1 heterocycles. The third-order valence-corrected chi connectivity index (χ3v) is 5.06. The highest BCUT2D eigenvalue weighted by Crippen LogP contribution is 2.24. The first-order valence-electron chi connectivity index (χ1n) is 8.06. The summed E-state index contributed by atoms with van der Waals surface area (Å²) in [6, 6.07) is 5.50. The molecule has 0 saturated carbocycles. The molecule has 0 spiro atoms. The van der Waals surface area contributed by atoms with Gasteiger partial charge in [-0.05, 0) is 24.6 Å². The molecule has 0 bridgehead atoms. The number of carbonyl (C=O) groups excluding carboxylic acids is 3. The third-order valence-electron chi connectivity index (χ3n) is 3.72. The average molecular weight is 427 g/mol. The van der Waals surface area contributed by atoms with E-state index in [2.05, 4.69) is 19.7 Å². The number of hydrogen-bond acceptors (Lipinski definition) is 8. The van der Waals surface area contributed by atoms with Gasteiger partial charge in [0.25, 0.3) is 0 Å². The van der Waals surface area contributed by atoms with Crippen LogP contribution >= 0.6 is 23.4 Å². The summed E-state index contributed by atoms with van der Waals surface area (Å²) < 4.78 is 10.8. The monoisotopic (exact) mass is 426 g/mol. The molecular formula is C17H19ClN4O5S. The molecule has 28 heavy (non-hydrogen) atoms. The minimum atomic E-state index is -0.639. The van der Waals surface area contributed by atoms with Gasteiger partial charge in [0.2, 0.25) is 5.91 Å². The number of rotatable bonds is 8. The molecule has 2 rings (SSSR count). The Kier molecular flexibility index (Phi) is 7.82. The average Bonchev–Trinajstić information content (AvgIpc) is 3.15. The van der Waals surface area contributed by atoms with Crippen molar-refractivity contribution in [2.24, 2.45) is 0 Å². The SMILES string of the molecule is COC(=O)CN(CC(=O)OC)C(=O)CSc1nncn1-c1ccc(C)c(Cl)c1. The van der Waals surface area contributed by atoms with Crippen LogP contribution in [0.3, 0.4) is 0 Å². The Labute approximate surface area is 170 Å². The molecule has 0 radical (unpaired) electrons. The van der Waals surface area contributed by atoms with Gasteiger partial charge >= 0.3 is 11.9 Å². The molecule has 0 aliphatic heterocycles. The summed E-state index contributed by atoms with van der Waals surface area (Å²) in [5, 5.41) is 8.94. The minimum absolute atomic E-state index is 0.0632. The first kappa shape index (κ1) is 21.7. The zero-order valence-electron chi connectivity index (χ0n) is 15.5. The lowest BCUT2D eigenvalue weighted by molar-refractivity contribution is -0.151. The summed E-state index contributed by atoms with van der Waals surface area (Å²) in [6.07, 6.45) is 1.51. The van der Waals surface area contributed by atoms with Crippen LogP contribution in [0.4, 0.5) is 0 Å². The van der Waals surface area contributed by atoms with Crippen LogP contribution in [0, 0.1) is 6.92 Å². The van der Waals surface area contributed by atoms with Crippen LogP contribution in [0.15, 0.2) is 29.7 Å². The van der Waals surface area contributed by atoms with Gasteiger partial charge in [-0.3, -0.25) is 19.0 Å². The van der Waals surface area contributed by atoms with Crippen molar-refractivity contribution < 1.29 is 23.9 Å². The first-order chi connectivity index (χ1) is 13.3. The van der Waals surface area contributed by atoms with E-state index in [0.29, 0.717) is 10.2 Å². The predicted octanol–water partition coefficient (Wildman–Crippen LogP) is 1.50. The fraction of sp³-hybridized carbons (Fsp3) is 0.353. The van der Waals surface area contributed by atoms with Crippen LogP contribution in [-0.4, -0.2) is 70.6 Å². The van der Waals surface area contributed by atoms with E-state index in [9.17, 15) is 14.4 Å². The van der Waals surface area contributed by atoms with Gasteiger partial charge in [0.1, 0.15) is 19.4 Å². The largest absolute Gasteiger partial charge is 0.468 e. The van der Waals surface area contributed by atoms with Gasteiger partial charge < -0.3 is 14.4 Å². The van der Waals surface area contributed by atoms with E-state index in [0.717, 1.165) is 27.9 Å². The molecule has 0 N–H and O–H groups in total. The number of aromatic nitrogens is 3. The number of amides is 1. The summed E-state index contributed by atoms with van der Waals surface area (Å²) >= 11 is 7.28. The van der Waals surface area contributed by atoms with E-state index in [4.69, 9.17) is 11.6 Å². The van der Waals surface area contributed by atoms with E-state index in [-0.39, 0.29) is 18.8 Å². The fourth-order valence-corrected chi connectivity index (χ4v) is 3.13. The number of nitrogens with zero attached hydrogens (tertiary/aromatic N) is 4. The van der Waals surface area contributed by atoms with Crippen LogP contribution in [0.5, 0.6) is 0 Å². The predicted molar refractivity (Wildman–Crippen MR) is 102 cm³/mol. The van der Waals surface area contributed by atoms with Crippen molar-refractivity contribution in [1.82, 2.24) is 19.7 Å². The van der Waals surface area contributed by atoms with Crippen molar-refractivity contribution in [2.45, 2.75) is 12.1 Å². The third kappa shape index (κ3) is 5.70. The standard InChI is InChI=1S/C17H19ClN4O5S/c1-11-4-5-12(6-13(11)18)22-10-19-20-17(22)28-9-14(23)21(7-15(24)26-2)8-16(25)27-3/h4-6,10H,7-9H2,1-3H3. The van der Waals surface area contributed by atoms with Crippen molar-refractivity contribution >= 4 is 41.2 Å². The van der Waals surface area contributed by atoms with Crippen LogP contribution in [-0.2, 0) is 23.9 Å². The maximum atomic E-state index is 12.5. The van der Waals surface area contributed by atoms with E-state index < -0.39 is 17.8 Å². The Bertz CT molecular complexity index is 855. The molecule has 0 unspecified atom stereocenters.